The van der Waals surface area contributed by atoms with E-state index in [9.17, 15) is 13.2 Å². The summed E-state index contributed by atoms with van der Waals surface area (Å²) in [5.74, 6) is 0.345. The second kappa shape index (κ2) is 6.28. The van der Waals surface area contributed by atoms with Crippen molar-refractivity contribution in [3.05, 3.63) is 34.4 Å². The molecule has 1 heterocycles. The molecule has 0 saturated carbocycles. The van der Waals surface area contributed by atoms with Gasteiger partial charge in [0.1, 0.15) is 5.78 Å². The van der Waals surface area contributed by atoms with Crippen molar-refractivity contribution < 1.29 is 13.2 Å². The van der Waals surface area contributed by atoms with Gasteiger partial charge in [0.15, 0.2) is 9.84 Å². The molecule has 21 heavy (non-hydrogen) atoms. The maximum Gasteiger partial charge on any atom is 0.153 e. The number of rotatable bonds is 4. The number of sulfone groups is 1. The normalized spacial score (nSPS) is 21.2. The first-order valence-corrected chi connectivity index (χ1v) is 9.11. The van der Waals surface area contributed by atoms with E-state index in [0.29, 0.717) is 13.0 Å². The lowest BCUT2D eigenvalue weighted by atomic mass is 9.94. The van der Waals surface area contributed by atoms with Gasteiger partial charge in [0.05, 0.1) is 11.5 Å². The quantitative estimate of drug-likeness (QED) is 0.915. The van der Waals surface area contributed by atoms with Crippen LogP contribution in [0.2, 0.25) is 0 Å². The van der Waals surface area contributed by atoms with Gasteiger partial charge in [-0.15, -0.1) is 0 Å². The molecule has 0 spiro atoms. The Hall–Kier alpha value is -1.20. The third kappa shape index (κ3) is 4.38. The van der Waals surface area contributed by atoms with Crippen LogP contribution in [0.25, 0.3) is 0 Å². The van der Waals surface area contributed by atoms with Crippen LogP contribution in [-0.4, -0.2) is 38.3 Å². The zero-order valence-corrected chi connectivity index (χ0v) is 13.7. The molecule has 1 aliphatic heterocycles. The van der Waals surface area contributed by atoms with E-state index < -0.39 is 9.84 Å². The molecule has 1 aromatic carbocycles. The molecular weight excluding hydrogens is 286 g/mol. The van der Waals surface area contributed by atoms with Gasteiger partial charge in [-0.25, -0.2) is 8.42 Å². The van der Waals surface area contributed by atoms with Crippen molar-refractivity contribution in [1.29, 1.82) is 0 Å². The lowest BCUT2D eigenvalue weighted by molar-refractivity contribution is -0.118. The van der Waals surface area contributed by atoms with E-state index >= 15 is 0 Å². The Morgan fingerprint density at radius 2 is 1.86 bits per heavy atom. The minimum atomic E-state index is -2.99. The number of ketones is 1. The summed E-state index contributed by atoms with van der Waals surface area (Å²) in [4.78, 5) is 12.2. The lowest BCUT2D eigenvalue weighted by Gasteiger charge is -2.23. The smallest absolute Gasteiger partial charge is 0.153 e. The molecule has 1 atom stereocenters. The molecule has 2 rings (SSSR count). The van der Waals surface area contributed by atoms with Gasteiger partial charge < -0.3 is 5.32 Å². The van der Waals surface area contributed by atoms with Crippen molar-refractivity contribution in [3.8, 4) is 0 Å². The number of aryl methyl sites for hydroxylation is 3. The van der Waals surface area contributed by atoms with E-state index in [1.165, 1.54) is 5.56 Å². The average molecular weight is 309 g/mol. The highest BCUT2D eigenvalue weighted by Crippen LogP contribution is 2.18. The fraction of sp³-hybridized carbons (Fsp3) is 0.562. The second-order valence-corrected chi connectivity index (χ2v) is 8.29. The van der Waals surface area contributed by atoms with Gasteiger partial charge in [0, 0.05) is 25.4 Å². The zero-order chi connectivity index (χ0) is 15.6. The van der Waals surface area contributed by atoms with Gasteiger partial charge in [-0.1, -0.05) is 17.7 Å². The van der Waals surface area contributed by atoms with Crippen LogP contribution in [-0.2, 0) is 21.1 Å². The highest BCUT2D eigenvalue weighted by Gasteiger charge is 2.26. The highest BCUT2D eigenvalue weighted by atomic mass is 32.2. The summed E-state index contributed by atoms with van der Waals surface area (Å²) in [5, 5.41) is 3.13. The Labute approximate surface area is 126 Å². The number of hydrogen-bond acceptors (Lipinski definition) is 4. The fourth-order valence-corrected chi connectivity index (χ4v) is 4.48. The van der Waals surface area contributed by atoms with Crippen molar-refractivity contribution in [2.75, 3.05) is 18.1 Å². The number of hydrogen-bond donors (Lipinski definition) is 1. The highest BCUT2D eigenvalue weighted by molar-refractivity contribution is 7.91. The molecule has 1 unspecified atom stereocenters. The van der Waals surface area contributed by atoms with Crippen LogP contribution < -0.4 is 5.32 Å². The molecule has 0 amide bonds. The van der Waals surface area contributed by atoms with E-state index in [-0.39, 0.29) is 29.8 Å². The molecule has 5 heteroatoms. The van der Waals surface area contributed by atoms with Crippen LogP contribution in [0.4, 0.5) is 0 Å². The van der Waals surface area contributed by atoms with Crippen LogP contribution >= 0.6 is 0 Å². The average Bonchev–Trinajstić information content (AvgIpc) is 2.32. The van der Waals surface area contributed by atoms with E-state index in [0.717, 1.165) is 16.7 Å². The largest absolute Gasteiger partial charge is 0.312 e. The third-order valence-electron chi connectivity index (χ3n) is 3.99. The van der Waals surface area contributed by atoms with Crippen molar-refractivity contribution in [3.63, 3.8) is 0 Å². The minimum Gasteiger partial charge on any atom is -0.312 e. The number of benzene rings is 1. The molecule has 1 N–H and O–H groups in total. The topological polar surface area (TPSA) is 63.2 Å². The summed E-state index contributed by atoms with van der Waals surface area (Å²) in [6, 6.07) is 3.93. The minimum absolute atomic E-state index is 0.0740. The fourth-order valence-electron chi connectivity index (χ4n) is 3.03. The maximum absolute atomic E-state index is 12.2. The van der Waals surface area contributed by atoms with E-state index in [1.807, 2.05) is 20.8 Å². The Kier molecular flexibility index (Phi) is 4.84. The first-order chi connectivity index (χ1) is 9.77. The van der Waals surface area contributed by atoms with Crippen molar-refractivity contribution >= 4 is 15.6 Å². The molecule has 1 saturated heterocycles. The van der Waals surface area contributed by atoms with Gasteiger partial charge in [-0.05, 0) is 37.5 Å². The first-order valence-electron chi connectivity index (χ1n) is 7.29. The van der Waals surface area contributed by atoms with Crippen LogP contribution in [0.3, 0.4) is 0 Å². The Morgan fingerprint density at radius 1 is 1.24 bits per heavy atom. The molecule has 0 bridgehead atoms. The van der Waals surface area contributed by atoms with Gasteiger partial charge in [-0.3, -0.25) is 4.79 Å². The van der Waals surface area contributed by atoms with Crippen LogP contribution in [0.15, 0.2) is 12.1 Å². The van der Waals surface area contributed by atoms with Gasteiger partial charge >= 0.3 is 0 Å². The van der Waals surface area contributed by atoms with Crippen molar-refractivity contribution in [2.24, 2.45) is 0 Å². The number of Topliss-reactive ketones (excluding diaryl/α,β-unsaturated/α-hetero) is 1. The summed E-state index contributed by atoms with van der Waals surface area (Å²) in [6.45, 7) is 6.53. The van der Waals surface area contributed by atoms with Gasteiger partial charge in [0.25, 0.3) is 0 Å². The van der Waals surface area contributed by atoms with Gasteiger partial charge in [0.2, 0.25) is 0 Å². The third-order valence-corrected chi connectivity index (χ3v) is 5.73. The summed E-state index contributed by atoms with van der Waals surface area (Å²) < 4.78 is 23.2. The van der Waals surface area contributed by atoms with Crippen LogP contribution in [0.5, 0.6) is 0 Å². The molecule has 0 aromatic heterocycles. The zero-order valence-electron chi connectivity index (χ0n) is 12.9. The Bertz CT molecular complexity index is 626. The van der Waals surface area contributed by atoms with Crippen LogP contribution in [0, 0.1) is 20.8 Å². The van der Waals surface area contributed by atoms with Crippen LogP contribution in [0.1, 0.15) is 28.7 Å². The Balaban J connectivity index is 2.02. The van der Waals surface area contributed by atoms with Crippen molar-refractivity contribution in [1.82, 2.24) is 5.32 Å². The lowest BCUT2D eigenvalue weighted by Crippen LogP contribution is -2.46. The molecule has 1 aliphatic rings. The summed E-state index contributed by atoms with van der Waals surface area (Å²) >= 11 is 0. The maximum atomic E-state index is 12.2. The van der Waals surface area contributed by atoms with Crippen molar-refractivity contribution in [2.45, 2.75) is 39.7 Å². The second-order valence-electron chi connectivity index (χ2n) is 6.06. The van der Waals surface area contributed by atoms with E-state index in [1.54, 1.807) is 0 Å². The summed E-state index contributed by atoms with van der Waals surface area (Å²) in [5.41, 5.74) is 4.53. The molecule has 0 aliphatic carbocycles. The predicted molar refractivity (Wildman–Crippen MR) is 84.4 cm³/mol. The molecule has 4 nitrogen and oxygen atoms in total. The van der Waals surface area contributed by atoms with E-state index in [4.69, 9.17) is 0 Å². The summed E-state index contributed by atoms with van der Waals surface area (Å²) in [7, 11) is -2.99. The number of carbonyl (C=O) groups is 1. The molecule has 1 fully saturated rings. The van der Waals surface area contributed by atoms with Gasteiger partial charge in [-0.2, -0.15) is 0 Å². The molecular formula is C16H23NO3S. The SMILES string of the molecule is Cc1cc(C)c(CC(=O)CC2CS(=O)(=O)CCN2)c(C)c1. The number of carbonyl (C=O) groups excluding carboxylic acids is 1. The molecule has 0 radical (unpaired) electrons. The Morgan fingerprint density at radius 3 is 2.43 bits per heavy atom. The van der Waals surface area contributed by atoms with E-state index in [2.05, 4.69) is 17.4 Å². The monoisotopic (exact) mass is 309 g/mol. The summed E-state index contributed by atoms with van der Waals surface area (Å²) in [6.07, 6.45) is 0.669. The first kappa shape index (κ1) is 16.2. The predicted octanol–water partition coefficient (Wildman–Crippen LogP) is 1.50. The molecule has 116 valence electrons. The standard InChI is InChI=1S/C16H23NO3S/c1-11-6-12(2)16(13(3)7-11)9-15(18)8-14-10-21(19,20)5-4-17-14/h6-7,14,17H,4-5,8-10H2,1-3H3. The molecule has 1 aromatic rings. The number of nitrogens with one attached hydrogen (secondary N) is 1.